The van der Waals surface area contributed by atoms with E-state index in [1.807, 2.05) is 24.3 Å². The third-order valence-corrected chi connectivity index (χ3v) is 6.84. The lowest BCUT2D eigenvalue weighted by Gasteiger charge is -2.37. The molecule has 0 aromatic heterocycles. The maximum absolute atomic E-state index is 5.90. The quantitative estimate of drug-likeness (QED) is 0.478. The van der Waals surface area contributed by atoms with Crippen molar-refractivity contribution < 1.29 is 0 Å². The second-order valence-electron chi connectivity index (χ2n) is 8.38. The third-order valence-electron chi connectivity index (χ3n) is 6.58. The Morgan fingerprint density at radius 1 is 0.923 bits per heavy atom. The highest BCUT2D eigenvalue weighted by Crippen LogP contribution is 2.42. The standard InChI is InChI=1S/C25H33Cl/c1-2-5-20-8-14-23(15-9-20)24-16-10-21(11-17-24)6-3-4-7-22-12-18-25(26)19-13-22/h3,6,12-13,18-21,23-24H,2,5,8-11,14-17H2,1H3/t20-,21?,23-,24?. The van der Waals surface area contributed by atoms with Crippen LogP contribution < -0.4 is 0 Å². The molecular weight excluding hydrogens is 336 g/mol. The van der Waals surface area contributed by atoms with Gasteiger partial charge in [0.15, 0.2) is 0 Å². The molecule has 1 heteroatoms. The van der Waals surface area contributed by atoms with Crippen molar-refractivity contribution in [3.63, 3.8) is 0 Å². The molecule has 0 radical (unpaired) electrons. The molecule has 2 aliphatic carbocycles. The van der Waals surface area contributed by atoms with E-state index in [0.29, 0.717) is 0 Å². The molecule has 0 heterocycles. The average molecular weight is 369 g/mol. The Morgan fingerprint density at radius 2 is 1.54 bits per heavy atom. The SMILES string of the molecule is CCC[C@H]1CC[C@H](C2CCC(C=CC#Cc3ccc(Cl)cc3)CC2)CC1. The number of hydrogen-bond donors (Lipinski definition) is 0. The molecule has 2 saturated carbocycles. The Kier molecular flexibility index (Phi) is 7.69. The minimum atomic E-state index is 0.738. The molecule has 1 aromatic rings. The van der Waals surface area contributed by atoms with E-state index < -0.39 is 0 Å². The number of allylic oxidation sites excluding steroid dienone is 2. The van der Waals surface area contributed by atoms with E-state index in [-0.39, 0.29) is 0 Å². The van der Waals surface area contributed by atoms with Crippen LogP contribution >= 0.6 is 11.6 Å². The van der Waals surface area contributed by atoms with Gasteiger partial charge in [-0.2, -0.15) is 0 Å². The fraction of sp³-hybridized carbons (Fsp3) is 0.600. The normalized spacial score (nSPS) is 29.3. The summed E-state index contributed by atoms with van der Waals surface area (Å²) in [4.78, 5) is 0. The number of rotatable bonds is 4. The summed E-state index contributed by atoms with van der Waals surface area (Å²) in [7, 11) is 0. The molecule has 0 nitrogen and oxygen atoms in total. The molecule has 0 aliphatic heterocycles. The summed E-state index contributed by atoms with van der Waals surface area (Å²) in [6.07, 6.45) is 18.8. The van der Waals surface area contributed by atoms with Crippen LogP contribution in [0.2, 0.25) is 5.02 Å². The second kappa shape index (κ2) is 10.2. The first-order valence-electron chi connectivity index (χ1n) is 10.7. The van der Waals surface area contributed by atoms with Crippen LogP contribution in [0, 0.1) is 35.5 Å². The van der Waals surface area contributed by atoms with E-state index in [2.05, 4.69) is 30.9 Å². The summed E-state index contributed by atoms with van der Waals surface area (Å²) < 4.78 is 0. The van der Waals surface area contributed by atoms with Crippen molar-refractivity contribution in [2.45, 2.75) is 71.1 Å². The van der Waals surface area contributed by atoms with Gasteiger partial charge in [-0.3, -0.25) is 0 Å². The third kappa shape index (κ3) is 5.92. The zero-order valence-corrected chi connectivity index (χ0v) is 17.0. The number of hydrogen-bond acceptors (Lipinski definition) is 0. The lowest BCUT2D eigenvalue weighted by Crippen LogP contribution is -2.25. The summed E-state index contributed by atoms with van der Waals surface area (Å²) in [5, 5.41) is 0.765. The van der Waals surface area contributed by atoms with Crippen molar-refractivity contribution in [1.29, 1.82) is 0 Å². The van der Waals surface area contributed by atoms with Gasteiger partial charge in [0.2, 0.25) is 0 Å². The molecule has 140 valence electrons. The molecule has 0 atom stereocenters. The molecule has 0 unspecified atom stereocenters. The Bertz CT molecular complexity index is 614. The minimum absolute atomic E-state index is 0.738. The topological polar surface area (TPSA) is 0 Å². The zero-order chi connectivity index (χ0) is 18.2. The first-order valence-corrected chi connectivity index (χ1v) is 11.1. The monoisotopic (exact) mass is 368 g/mol. The van der Waals surface area contributed by atoms with E-state index >= 15 is 0 Å². The average Bonchev–Trinajstić information content (AvgIpc) is 2.68. The van der Waals surface area contributed by atoms with Crippen molar-refractivity contribution in [2.24, 2.45) is 23.7 Å². The van der Waals surface area contributed by atoms with Crippen LogP contribution in [-0.2, 0) is 0 Å². The second-order valence-corrected chi connectivity index (χ2v) is 8.82. The van der Waals surface area contributed by atoms with Crippen LogP contribution in [-0.4, -0.2) is 0 Å². The smallest absolute Gasteiger partial charge is 0.0406 e. The largest absolute Gasteiger partial charge is 0.0843 e. The van der Waals surface area contributed by atoms with Crippen LogP contribution in [0.15, 0.2) is 36.4 Å². The Labute approximate surface area is 165 Å². The zero-order valence-electron chi connectivity index (χ0n) is 16.2. The van der Waals surface area contributed by atoms with E-state index in [0.717, 1.165) is 34.3 Å². The summed E-state index contributed by atoms with van der Waals surface area (Å²) in [5.41, 5.74) is 1.03. The first-order chi connectivity index (χ1) is 12.7. The molecule has 1 aromatic carbocycles. The van der Waals surface area contributed by atoms with Gasteiger partial charge >= 0.3 is 0 Å². The van der Waals surface area contributed by atoms with Crippen molar-refractivity contribution in [3.05, 3.63) is 47.0 Å². The van der Waals surface area contributed by atoms with Gasteiger partial charge in [0.1, 0.15) is 0 Å². The Balaban J connectivity index is 1.39. The summed E-state index contributed by atoms with van der Waals surface area (Å²) in [6, 6.07) is 7.74. The molecule has 0 bridgehead atoms. The van der Waals surface area contributed by atoms with Crippen molar-refractivity contribution in [1.82, 2.24) is 0 Å². The van der Waals surface area contributed by atoms with E-state index in [1.165, 1.54) is 64.2 Å². The lowest BCUT2D eigenvalue weighted by molar-refractivity contribution is 0.152. The van der Waals surface area contributed by atoms with Crippen molar-refractivity contribution >= 4 is 11.6 Å². The molecule has 2 aliphatic rings. The minimum Gasteiger partial charge on any atom is -0.0843 e. The van der Waals surface area contributed by atoms with E-state index in [1.54, 1.807) is 0 Å². The van der Waals surface area contributed by atoms with Crippen LogP contribution in [0.4, 0.5) is 0 Å². The van der Waals surface area contributed by atoms with E-state index in [4.69, 9.17) is 11.6 Å². The molecular formula is C25H33Cl. The van der Waals surface area contributed by atoms with Gasteiger partial charge in [0, 0.05) is 10.6 Å². The van der Waals surface area contributed by atoms with Gasteiger partial charge in [0.25, 0.3) is 0 Å². The lowest BCUT2D eigenvalue weighted by atomic mass is 9.69. The molecule has 0 spiro atoms. The summed E-state index contributed by atoms with van der Waals surface area (Å²) >= 11 is 5.90. The highest BCUT2D eigenvalue weighted by molar-refractivity contribution is 6.30. The van der Waals surface area contributed by atoms with Crippen LogP contribution in [0.3, 0.4) is 0 Å². The molecule has 0 saturated heterocycles. The van der Waals surface area contributed by atoms with Gasteiger partial charge < -0.3 is 0 Å². The maximum Gasteiger partial charge on any atom is 0.0406 e. The molecule has 3 rings (SSSR count). The fourth-order valence-electron chi connectivity index (χ4n) is 5.01. The summed E-state index contributed by atoms with van der Waals surface area (Å²) in [6.45, 7) is 2.33. The predicted molar refractivity (Wildman–Crippen MR) is 113 cm³/mol. The van der Waals surface area contributed by atoms with E-state index in [9.17, 15) is 0 Å². The number of halogens is 1. The van der Waals surface area contributed by atoms with Gasteiger partial charge in [-0.15, -0.1) is 0 Å². The van der Waals surface area contributed by atoms with Crippen LogP contribution in [0.25, 0.3) is 0 Å². The van der Waals surface area contributed by atoms with Crippen molar-refractivity contribution in [2.75, 3.05) is 0 Å². The van der Waals surface area contributed by atoms with Gasteiger partial charge in [-0.05, 0) is 92.5 Å². The Morgan fingerprint density at radius 3 is 2.15 bits per heavy atom. The highest BCUT2D eigenvalue weighted by Gasteiger charge is 2.29. The first kappa shape index (κ1) is 19.6. The van der Waals surface area contributed by atoms with Crippen molar-refractivity contribution in [3.8, 4) is 11.8 Å². The molecule has 0 N–H and O–H groups in total. The molecule has 2 fully saturated rings. The molecule has 26 heavy (non-hydrogen) atoms. The summed E-state index contributed by atoms with van der Waals surface area (Å²) in [5.74, 6) is 10.2. The van der Waals surface area contributed by atoms with Crippen LogP contribution in [0.5, 0.6) is 0 Å². The highest BCUT2D eigenvalue weighted by atomic mass is 35.5. The Hall–Kier alpha value is -1.19. The van der Waals surface area contributed by atoms with Crippen LogP contribution in [0.1, 0.15) is 76.7 Å². The molecule has 0 amide bonds. The van der Waals surface area contributed by atoms with Gasteiger partial charge in [0.05, 0.1) is 0 Å². The van der Waals surface area contributed by atoms with Gasteiger partial charge in [-0.1, -0.05) is 62.1 Å². The number of benzene rings is 1. The maximum atomic E-state index is 5.90. The van der Waals surface area contributed by atoms with Gasteiger partial charge in [-0.25, -0.2) is 0 Å². The predicted octanol–water partition coefficient (Wildman–Crippen LogP) is 7.66. The fourth-order valence-corrected chi connectivity index (χ4v) is 5.13.